The van der Waals surface area contributed by atoms with Crippen molar-refractivity contribution in [3.63, 3.8) is 0 Å². The maximum Gasteiger partial charge on any atom is 0.267 e. The van der Waals surface area contributed by atoms with E-state index in [1.165, 1.54) is 0 Å². The zero-order valence-corrected chi connectivity index (χ0v) is 10.6. The normalized spacial score (nSPS) is 17.2. The van der Waals surface area contributed by atoms with Crippen LogP contribution in [0.2, 0.25) is 0 Å². The number of rotatable bonds is 3. The predicted octanol–water partition coefficient (Wildman–Crippen LogP) is 0.314. The number of hydrogen-bond acceptors (Lipinski definition) is 6. The number of aromatic nitrogens is 2. The monoisotopic (exact) mass is 276 g/mol. The molecule has 1 amide bonds. The van der Waals surface area contributed by atoms with Crippen LogP contribution in [0.25, 0.3) is 0 Å². The van der Waals surface area contributed by atoms with Gasteiger partial charge in [0.1, 0.15) is 0 Å². The zero-order chi connectivity index (χ0) is 12.5. The number of nitrogens with two attached hydrogens (primary N) is 1. The SMILES string of the molecule is NS(=O)(=O)c1nnc(NC(=O)C2CCCC2)s1. The Morgan fingerprint density at radius 1 is 1.35 bits per heavy atom. The second kappa shape index (κ2) is 4.67. The number of anilines is 1. The van der Waals surface area contributed by atoms with E-state index in [1.807, 2.05) is 0 Å². The van der Waals surface area contributed by atoms with Crippen LogP contribution in [0.15, 0.2) is 4.34 Å². The van der Waals surface area contributed by atoms with Crippen molar-refractivity contribution in [1.29, 1.82) is 0 Å². The Hall–Kier alpha value is -1.06. The molecule has 0 spiro atoms. The lowest BCUT2D eigenvalue weighted by molar-refractivity contribution is -0.119. The summed E-state index contributed by atoms with van der Waals surface area (Å²) in [7, 11) is -3.84. The second-order valence-corrected chi connectivity index (χ2v) is 6.60. The fourth-order valence-electron chi connectivity index (χ4n) is 1.77. The van der Waals surface area contributed by atoms with Crippen LogP contribution in [0.1, 0.15) is 25.7 Å². The summed E-state index contributed by atoms with van der Waals surface area (Å²) in [5.74, 6) is -0.128. The van der Waals surface area contributed by atoms with Gasteiger partial charge >= 0.3 is 0 Å². The zero-order valence-electron chi connectivity index (χ0n) is 8.92. The Kier molecular flexibility index (Phi) is 3.40. The minimum atomic E-state index is -3.84. The first kappa shape index (κ1) is 12.4. The molecule has 1 aromatic rings. The molecule has 0 atom stereocenters. The molecule has 3 N–H and O–H groups in total. The van der Waals surface area contributed by atoms with E-state index in [1.54, 1.807) is 0 Å². The molecule has 1 aromatic heterocycles. The standard InChI is InChI=1S/C8H12N4O3S2/c9-17(14,15)8-12-11-7(16-8)10-6(13)5-3-1-2-4-5/h5H,1-4H2,(H2,9,14,15)(H,10,11,13). The molecule has 1 fully saturated rings. The fourth-order valence-corrected chi connectivity index (χ4v) is 3.11. The van der Waals surface area contributed by atoms with E-state index in [-0.39, 0.29) is 21.3 Å². The van der Waals surface area contributed by atoms with E-state index in [0.29, 0.717) is 0 Å². The molecule has 17 heavy (non-hydrogen) atoms. The van der Waals surface area contributed by atoms with Gasteiger partial charge in [0.15, 0.2) is 0 Å². The molecule has 94 valence electrons. The van der Waals surface area contributed by atoms with Gasteiger partial charge in [-0.1, -0.05) is 24.2 Å². The fraction of sp³-hybridized carbons (Fsp3) is 0.625. The predicted molar refractivity (Wildman–Crippen MR) is 61.9 cm³/mol. The third-order valence-electron chi connectivity index (χ3n) is 2.61. The van der Waals surface area contributed by atoms with Crippen molar-refractivity contribution in [2.45, 2.75) is 30.0 Å². The van der Waals surface area contributed by atoms with Crippen molar-refractivity contribution in [1.82, 2.24) is 10.2 Å². The lowest BCUT2D eigenvalue weighted by atomic mass is 10.1. The van der Waals surface area contributed by atoms with Crippen LogP contribution < -0.4 is 10.5 Å². The first-order chi connectivity index (χ1) is 7.97. The number of nitrogens with zero attached hydrogens (tertiary/aromatic N) is 2. The van der Waals surface area contributed by atoms with Gasteiger partial charge in [0.2, 0.25) is 15.4 Å². The van der Waals surface area contributed by atoms with Gasteiger partial charge in [-0.2, -0.15) is 0 Å². The Bertz CT molecular complexity index is 519. The van der Waals surface area contributed by atoms with Gasteiger partial charge in [0.25, 0.3) is 10.0 Å². The second-order valence-electron chi connectivity index (χ2n) is 3.89. The molecule has 9 heteroatoms. The van der Waals surface area contributed by atoms with Crippen molar-refractivity contribution in [2.24, 2.45) is 11.1 Å². The summed E-state index contributed by atoms with van der Waals surface area (Å²) in [6.07, 6.45) is 3.84. The molecule has 1 saturated carbocycles. The van der Waals surface area contributed by atoms with Crippen LogP contribution in [0.4, 0.5) is 5.13 Å². The van der Waals surface area contributed by atoms with E-state index in [9.17, 15) is 13.2 Å². The van der Waals surface area contributed by atoms with E-state index in [0.717, 1.165) is 37.0 Å². The highest BCUT2D eigenvalue weighted by Crippen LogP contribution is 2.27. The summed E-state index contributed by atoms with van der Waals surface area (Å²) < 4.78 is 21.6. The molecule has 0 saturated heterocycles. The number of nitrogens with one attached hydrogen (secondary N) is 1. The van der Waals surface area contributed by atoms with Gasteiger partial charge < -0.3 is 5.32 Å². The van der Waals surface area contributed by atoms with E-state index in [4.69, 9.17) is 5.14 Å². The smallest absolute Gasteiger partial charge is 0.267 e. The maximum atomic E-state index is 11.7. The summed E-state index contributed by atoms with van der Waals surface area (Å²) in [6.45, 7) is 0. The number of amides is 1. The summed E-state index contributed by atoms with van der Waals surface area (Å²) in [4.78, 5) is 11.7. The van der Waals surface area contributed by atoms with Crippen LogP contribution >= 0.6 is 11.3 Å². The number of sulfonamides is 1. The molecule has 0 aliphatic heterocycles. The average molecular weight is 276 g/mol. The number of primary sulfonamides is 1. The highest BCUT2D eigenvalue weighted by Gasteiger charge is 2.24. The van der Waals surface area contributed by atoms with Crippen LogP contribution in [-0.2, 0) is 14.8 Å². The van der Waals surface area contributed by atoms with E-state index in [2.05, 4.69) is 15.5 Å². The lowest BCUT2D eigenvalue weighted by Crippen LogP contribution is -2.20. The molecule has 1 aliphatic carbocycles. The van der Waals surface area contributed by atoms with Gasteiger partial charge in [-0.15, -0.1) is 10.2 Å². The molecular formula is C8H12N4O3S2. The molecule has 1 aliphatic rings. The van der Waals surface area contributed by atoms with Crippen LogP contribution in [0.3, 0.4) is 0 Å². The van der Waals surface area contributed by atoms with Crippen LogP contribution in [-0.4, -0.2) is 24.5 Å². The third kappa shape index (κ3) is 2.99. The Balaban J connectivity index is 2.04. The minimum Gasteiger partial charge on any atom is -0.300 e. The van der Waals surface area contributed by atoms with Gasteiger partial charge in [-0.3, -0.25) is 4.79 Å². The van der Waals surface area contributed by atoms with Gasteiger partial charge in [0.05, 0.1) is 0 Å². The summed E-state index contributed by atoms with van der Waals surface area (Å²) in [5, 5.41) is 14.6. The first-order valence-electron chi connectivity index (χ1n) is 5.14. The van der Waals surface area contributed by atoms with Crippen LogP contribution in [0.5, 0.6) is 0 Å². The topological polar surface area (TPSA) is 115 Å². The molecule has 7 nitrogen and oxygen atoms in total. The Morgan fingerprint density at radius 3 is 2.53 bits per heavy atom. The van der Waals surface area contributed by atoms with Gasteiger partial charge in [-0.05, 0) is 12.8 Å². The molecule has 0 unspecified atom stereocenters. The van der Waals surface area contributed by atoms with E-state index < -0.39 is 10.0 Å². The quantitative estimate of drug-likeness (QED) is 0.771. The van der Waals surface area contributed by atoms with Crippen molar-refractivity contribution < 1.29 is 13.2 Å². The largest absolute Gasteiger partial charge is 0.300 e. The van der Waals surface area contributed by atoms with Crippen LogP contribution in [0, 0.1) is 5.92 Å². The summed E-state index contributed by atoms with van der Waals surface area (Å²) >= 11 is 0.760. The highest BCUT2D eigenvalue weighted by molar-refractivity contribution is 7.91. The first-order valence-corrected chi connectivity index (χ1v) is 7.50. The molecule has 0 aromatic carbocycles. The number of hydrogen-bond donors (Lipinski definition) is 2. The average Bonchev–Trinajstić information content (AvgIpc) is 2.85. The Morgan fingerprint density at radius 2 is 2.00 bits per heavy atom. The maximum absolute atomic E-state index is 11.7. The van der Waals surface area contributed by atoms with Crippen molar-refractivity contribution in [2.75, 3.05) is 5.32 Å². The highest BCUT2D eigenvalue weighted by atomic mass is 32.2. The van der Waals surface area contributed by atoms with Crippen molar-refractivity contribution >= 4 is 32.4 Å². The van der Waals surface area contributed by atoms with E-state index >= 15 is 0 Å². The third-order valence-corrected chi connectivity index (χ3v) is 4.75. The summed E-state index contributed by atoms with van der Waals surface area (Å²) in [5.41, 5.74) is 0. The Labute approximate surface area is 102 Å². The van der Waals surface area contributed by atoms with Gasteiger partial charge in [0, 0.05) is 5.92 Å². The van der Waals surface area contributed by atoms with Crippen molar-refractivity contribution in [3.8, 4) is 0 Å². The molecular weight excluding hydrogens is 264 g/mol. The number of carbonyl (C=O) groups is 1. The molecule has 0 radical (unpaired) electrons. The minimum absolute atomic E-state index is 0.00293. The molecule has 0 bridgehead atoms. The van der Waals surface area contributed by atoms with Gasteiger partial charge in [-0.25, -0.2) is 13.6 Å². The molecule has 2 rings (SSSR count). The lowest BCUT2D eigenvalue weighted by Gasteiger charge is -2.06. The molecule has 1 heterocycles. The number of carbonyl (C=O) groups excluding carboxylic acids is 1. The summed E-state index contributed by atoms with van der Waals surface area (Å²) in [6, 6.07) is 0. The van der Waals surface area contributed by atoms with Crippen molar-refractivity contribution in [3.05, 3.63) is 0 Å².